The smallest absolute Gasteiger partial charge is 0.307 e. The Morgan fingerprint density at radius 1 is 1.10 bits per heavy atom. The topological polar surface area (TPSA) is 53.4 Å². The number of benzene rings is 2. The minimum Gasteiger partial charge on any atom is -0.481 e. The SMILES string of the molecule is CSN1Cc2cncc(F)c2-c2c(C)c(-c3ccc(C)cc3)c(CC(=O)O)c(C)c21. The van der Waals surface area contributed by atoms with Gasteiger partial charge in [0.1, 0.15) is 5.82 Å². The van der Waals surface area contributed by atoms with E-state index in [4.69, 9.17) is 0 Å². The van der Waals surface area contributed by atoms with Gasteiger partial charge in [-0.3, -0.25) is 9.78 Å². The van der Waals surface area contributed by atoms with Gasteiger partial charge in [0.25, 0.3) is 0 Å². The number of hydrogen-bond acceptors (Lipinski definition) is 4. The molecule has 1 aliphatic rings. The fraction of sp³-hybridized carbons (Fsp3) is 0.250. The van der Waals surface area contributed by atoms with Crippen LogP contribution in [0.5, 0.6) is 0 Å². The quantitative estimate of drug-likeness (QED) is 0.546. The molecule has 0 saturated carbocycles. The van der Waals surface area contributed by atoms with Gasteiger partial charge in [-0.15, -0.1) is 0 Å². The Balaban J connectivity index is 2.14. The van der Waals surface area contributed by atoms with Crippen LogP contribution in [0.3, 0.4) is 0 Å². The van der Waals surface area contributed by atoms with E-state index >= 15 is 4.39 Å². The Morgan fingerprint density at radius 3 is 2.43 bits per heavy atom. The summed E-state index contributed by atoms with van der Waals surface area (Å²) in [5.74, 6) is -1.23. The van der Waals surface area contributed by atoms with E-state index in [2.05, 4.69) is 9.29 Å². The van der Waals surface area contributed by atoms with Crippen LogP contribution in [-0.4, -0.2) is 22.3 Å². The third kappa shape index (κ3) is 3.25. The van der Waals surface area contributed by atoms with Crippen molar-refractivity contribution in [1.29, 1.82) is 0 Å². The molecule has 1 N–H and O–H groups in total. The molecule has 4 rings (SSSR count). The Hall–Kier alpha value is -2.86. The van der Waals surface area contributed by atoms with E-state index in [1.165, 1.54) is 6.20 Å². The van der Waals surface area contributed by atoms with Crippen LogP contribution in [-0.2, 0) is 17.8 Å². The molecule has 0 bridgehead atoms. The van der Waals surface area contributed by atoms with Crippen molar-refractivity contribution in [2.45, 2.75) is 33.7 Å². The summed E-state index contributed by atoms with van der Waals surface area (Å²) in [6, 6.07) is 8.04. The first-order chi connectivity index (χ1) is 14.3. The number of carbonyl (C=O) groups is 1. The number of anilines is 1. The molecule has 0 radical (unpaired) electrons. The summed E-state index contributed by atoms with van der Waals surface area (Å²) in [7, 11) is 0. The molecule has 30 heavy (non-hydrogen) atoms. The van der Waals surface area contributed by atoms with E-state index in [-0.39, 0.29) is 12.2 Å². The zero-order valence-corrected chi connectivity index (χ0v) is 18.2. The van der Waals surface area contributed by atoms with Crippen molar-refractivity contribution in [1.82, 2.24) is 4.98 Å². The second kappa shape index (κ2) is 7.76. The number of halogens is 1. The van der Waals surface area contributed by atoms with Crippen molar-refractivity contribution in [3.05, 3.63) is 70.3 Å². The molecular formula is C24H23FN2O2S. The highest BCUT2D eigenvalue weighted by molar-refractivity contribution is 7.99. The summed E-state index contributed by atoms with van der Waals surface area (Å²) in [5, 5.41) is 9.64. The standard InChI is InChI=1S/C24H23FN2O2S/c1-13-5-7-16(8-6-13)21-15(3)22-23-17(10-26-11-19(23)25)12-27(30-4)24(22)14(2)18(21)9-20(28)29/h5-8,10-11H,9,12H2,1-4H3,(H,28,29). The zero-order chi connectivity index (χ0) is 21.6. The average Bonchev–Trinajstić information content (AvgIpc) is 2.71. The summed E-state index contributed by atoms with van der Waals surface area (Å²) in [5.41, 5.74) is 8.61. The van der Waals surface area contributed by atoms with Crippen LogP contribution in [0.2, 0.25) is 0 Å². The summed E-state index contributed by atoms with van der Waals surface area (Å²) >= 11 is 1.55. The summed E-state index contributed by atoms with van der Waals surface area (Å²) in [6.07, 6.45) is 4.86. The van der Waals surface area contributed by atoms with Gasteiger partial charge in [-0.25, -0.2) is 4.39 Å². The Bertz CT molecular complexity index is 1160. The third-order valence-electron chi connectivity index (χ3n) is 5.78. The molecule has 0 aliphatic carbocycles. The molecule has 0 fully saturated rings. The number of carboxylic acid groups (broad SMARTS) is 1. The highest BCUT2D eigenvalue weighted by Gasteiger charge is 2.32. The van der Waals surface area contributed by atoms with E-state index in [0.29, 0.717) is 12.1 Å². The predicted molar refractivity (Wildman–Crippen MR) is 120 cm³/mol. The predicted octanol–water partition coefficient (Wildman–Crippen LogP) is 5.71. The van der Waals surface area contributed by atoms with Gasteiger partial charge in [-0.2, -0.15) is 0 Å². The lowest BCUT2D eigenvalue weighted by molar-refractivity contribution is -0.136. The first-order valence-corrected chi connectivity index (χ1v) is 10.9. The van der Waals surface area contributed by atoms with E-state index in [1.54, 1.807) is 18.1 Å². The monoisotopic (exact) mass is 422 g/mol. The number of aromatic nitrogens is 1. The fourth-order valence-electron chi connectivity index (χ4n) is 4.41. The van der Waals surface area contributed by atoms with Crippen molar-refractivity contribution >= 4 is 23.6 Å². The van der Waals surface area contributed by atoms with Crippen LogP contribution in [0.25, 0.3) is 22.3 Å². The van der Waals surface area contributed by atoms with Gasteiger partial charge < -0.3 is 9.41 Å². The van der Waals surface area contributed by atoms with Crippen LogP contribution in [0.15, 0.2) is 36.7 Å². The molecule has 1 aromatic heterocycles. The molecule has 4 nitrogen and oxygen atoms in total. The Kier molecular flexibility index (Phi) is 5.28. The lowest BCUT2D eigenvalue weighted by Gasteiger charge is -2.35. The van der Waals surface area contributed by atoms with E-state index < -0.39 is 5.97 Å². The molecule has 0 atom stereocenters. The zero-order valence-electron chi connectivity index (χ0n) is 17.4. The first-order valence-electron chi connectivity index (χ1n) is 9.72. The number of aryl methyl sites for hydroxylation is 1. The van der Waals surface area contributed by atoms with Crippen molar-refractivity contribution in [2.24, 2.45) is 0 Å². The number of hydrogen-bond donors (Lipinski definition) is 1. The van der Waals surface area contributed by atoms with Crippen LogP contribution in [0.1, 0.15) is 27.8 Å². The summed E-state index contributed by atoms with van der Waals surface area (Å²) in [4.78, 5) is 15.8. The third-order valence-corrected chi connectivity index (χ3v) is 6.53. The Morgan fingerprint density at radius 2 is 1.80 bits per heavy atom. The van der Waals surface area contributed by atoms with Crippen LogP contribution < -0.4 is 4.31 Å². The largest absolute Gasteiger partial charge is 0.481 e. The summed E-state index contributed by atoms with van der Waals surface area (Å²) in [6.45, 7) is 6.45. The first kappa shape index (κ1) is 20.4. The second-order valence-corrected chi connectivity index (χ2v) is 8.44. The van der Waals surface area contributed by atoms with Crippen molar-refractivity contribution in [2.75, 3.05) is 10.6 Å². The number of fused-ring (bicyclic) bond motifs is 3. The van der Waals surface area contributed by atoms with Crippen molar-refractivity contribution < 1.29 is 14.3 Å². The second-order valence-electron chi connectivity index (χ2n) is 7.64. The maximum Gasteiger partial charge on any atom is 0.307 e. The number of aliphatic carboxylic acids is 1. The van der Waals surface area contributed by atoms with Gasteiger partial charge in [0.15, 0.2) is 0 Å². The maximum atomic E-state index is 15.0. The highest BCUT2D eigenvalue weighted by atomic mass is 32.2. The van der Waals surface area contributed by atoms with Gasteiger partial charge in [-0.1, -0.05) is 41.8 Å². The van der Waals surface area contributed by atoms with Crippen LogP contribution in [0, 0.1) is 26.6 Å². The molecule has 3 aromatic rings. The van der Waals surface area contributed by atoms with Gasteiger partial charge >= 0.3 is 5.97 Å². The van der Waals surface area contributed by atoms with Gasteiger partial charge in [0.2, 0.25) is 0 Å². The number of carboxylic acids is 1. The minimum absolute atomic E-state index is 0.0862. The van der Waals surface area contributed by atoms with Crippen molar-refractivity contribution in [3.8, 4) is 22.3 Å². The average molecular weight is 423 g/mol. The molecule has 1 aliphatic heterocycles. The molecule has 0 amide bonds. The van der Waals surface area contributed by atoms with Crippen molar-refractivity contribution in [3.63, 3.8) is 0 Å². The normalized spacial score (nSPS) is 12.5. The van der Waals surface area contributed by atoms with Gasteiger partial charge in [-0.05, 0) is 48.6 Å². The summed E-state index contributed by atoms with van der Waals surface area (Å²) < 4.78 is 17.1. The molecule has 2 aromatic carbocycles. The molecular weight excluding hydrogens is 399 g/mol. The molecule has 2 heterocycles. The van der Waals surface area contributed by atoms with E-state index in [1.807, 2.05) is 51.3 Å². The number of rotatable bonds is 4. The maximum absolute atomic E-state index is 15.0. The van der Waals surface area contributed by atoms with E-state index in [0.717, 1.165) is 50.2 Å². The van der Waals surface area contributed by atoms with Crippen LogP contribution in [0.4, 0.5) is 10.1 Å². The fourth-order valence-corrected chi connectivity index (χ4v) is 5.09. The molecule has 0 spiro atoms. The lowest BCUT2D eigenvalue weighted by Crippen LogP contribution is -2.23. The minimum atomic E-state index is -0.881. The lowest BCUT2D eigenvalue weighted by atomic mass is 9.81. The number of pyridine rings is 1. The number of nitrogens with zero attached hydrogens (tertiary/aromatic N) is 2. The van der Waals surface area contributed by atoms with Gasteiger partial charge in [0, 0.05) is 29.1 Å². The highest BCUT2D eigenvalue weighted by Crippen LogP contribution is 2.50. The molecule has 154 valence electrons. The molecule has 0 unspecified atom stereocenters. The molecule has 0 saturated heterocycles. The van der Waals surface area contributed by atoms with Crippen LogP contribution >= 0.6 is 11.9 Å². The van der Waals surface area contributed by atoms with Gasteiger partial charge in [0.05, 0.1) is 24.8 Å². The molecule has 6 heteroatoms. The van der Waals surface area contributed by atoms with E-state index in [9.17, 15) is 9.90 Å². The Labute approximate surface area is 179 Å².